The minimum atomic E-state index is -1.39. The first-order chi connectivity index (χ1) is 19.8. The Labute approximate surface area is 241 Å². The van der Waals surface area contributed by atoms with Crippen LogP contribution in [0.2, 0.25) is 5.02 Å². The highest BCUT2D eigenvalue weighted by Gasteiger charge is 2.70. The molecule has 8 nitrogen and oxygen atoms in total. The number of carbonyl (C=O) groups excluding carboxylic acids is 4. The molecule has 0 radical (unpaired) electrons. The van der Waals surface area contributed by atoms with Gasteiger partial charge in [0, 0.05) is 12.1 Å². The largest absolute Gasteiger partial charge is 0.463 e. The Bertz CT molecular complexity index is 1650. The number of likely N-dealkylation sites (tertiary alicyclic amines) is 1. The van der Waals surface area contributed by atoms with E-state index in [-0.39, 0.29) is 30.7 Å². The van der Waals surface area contributed by atoms with Crippen LogP contribution in [-0.2, 0) is 31.2 Å². The lowest BCUT2D eigenvalue weighted by Crippen LogP contribution is -2.53. The number of benzene rings is 2. The summed E-state index contributed by atoms with van der Waals surface area (Å²) in [5.74, 6) is -3.69. The number of rotatable bonds is 4. The van der Waals surface area contributed by atoms with Crippen LogP contribution in [0, 0.1) is 23.7 Å². The van der Waals surface area contributed by atoms with Crippen molar-refractivity contribution in [2.24, 2.45) is 23.7 Å². The van der Waals surface area contributed by atoms with Gasteiger partial charge in [-0.1, -0.05) is 59.6 Å². The van der Waals surface area contributed by atoms with Crippen molar-refractivity contribution in [2.75, 3.05) is 11.9 Å². The standard InChI is InChI=1S/C32H27ClN2O6/c1-34-28(37)22-12-11-21-23(26(22)30(34)39)15-24-29(38)35(19-9-5-8-18(33)14-19)31(40)32(24,17-6-3-2-4-7-17)27(21)25-13-10-20(16-36)41-25/h2-11,13-14,22-24,26-27,36H,12,15-16H2,1H3/t22-,23+,24-,26-,27+,32+/m0/s1. The van der Waals surface area contributed by atoms with E-state index in [1.807, 2.05) is 36.4 Å². The number of hydrogen-bond acceptors (Lipinski definition) is 6. The molecule has 0 unspecified atom stereocenters. The summed E-state index contributed by atoms with van der Waals surface area (Å²) in [5.41, 5.74) is 0.453. The number of allylic oxidation sites excluding steroid dienone is 2. The zero-order chi connectivity index (χ0) is 28.6. The van der Waals surface area contributed by atoms with Crippen molar-refractivity contribution in [1.82, 2.24) is 4.90 Å². The van der Waals surface area contributed by atoms with Crippen molar-refractivity contribution in [2.45, 2.75) is 30.8 Å². The van der Waals surface area contributed by atoms with E-state index >= 15 is 0 Å². The number of aliphatic hydroxyl groups is 1. The van der Waals surface area contributed by atoms with Gasteiger partial charge in [-0.2, -0.15) is 0 Å². The minimum absolute atomic E-state index is 0.221. The van der Waals surface area contributed by atoms with Gasteiger partial charge in [-0.25, -0.2) is 4.90 Å². The van der Waals surface area contributed by atoms with Crippen molar-refractivity contribution >= 4 is 40.9 Å². The first-order valence-electron chi connectivity index (χ1n) is 13.7. The fourth-order valence-corrected chi connectivity index (χ4v) is 8.03. The number of halogens is 1. The molecule has 1 aromatic heterocycles. The van der Waals surface area contributed by atoms with Gasteiger partial charge in [-0.15, -0.1) is 0 Å². The van der Waals surface area contributed by atoms with Crippen molar-refractivity contribution in [3.8, 4) is 0 Å². The van der Waals surface area contributed by atoms with Crippen LogP contribution in [0.25, 0.3) is 0 Å². The average molecular weight is 571 g/mol. The molecule has 6 atom stereocenters. The van der Waals surface area contributed by atoms with Crippen LogP contribution in [0.4, 0.5) is 5.69 Å². The number of imide groups is 2. The topological polar surface area (TPSA) is 108 Å². The van der Waals surface area contributed by atoms with Crippen LogP contribution in [0.15, 0.2) is 82.8 Å². The SMILES string of the molecule is CN1C(=O)[C@H]2[C@H](CC=C3[C@H]2C[C@H]2C(=O)N(c4cccc(Cl)c4)C(=O)[C@@]2(c2ccccc2)[C@H]3c2ccc(CO)o2)C1=O. The first-order valence-corrected chi connectivity index (χ1v) is 14.1. The first kappa shape index (κ1) is 25.9. The quantitative estimate of drug-likeness (QED) is 0.372. The Morgan fingerprint density at radius 2 is 1.73 bits per heavy atom. The molecule has 0 spiro atoms. The summed E-state index contributed by atoms with van der Waals surface area (Å²) in [6.07, 6.45) is 2.55. The van der Waals surface area contributed by atoms with E-state index in [4.69, 9.17) is 16.0 Å². The Kier molecular flexibility index (Phi) is 5.85. The molecule has 208 valence electrons. The third kappa shape index (κ3) is 3.44. The Balaban J connectivity index is 1.50. The molecule has 2 aliphatic carbocycles. The second-order valence-corrected chi connectivity index (χ2v) is 11.7. The molecule has 3 fully saturated rings. The van der Waals surface area contributed by atoms with E-state index in [1.165, 1.54) is 16.8 Å². The van der Waals surface area contributed by atoms with Crippen molar-refractivity contribution in [1.29, 1.82) is 0 Å². The fraction of sp³-hybridized carbons (Fsp3) is 0.312. The van der Waals surface area contributed by atoms with Crippen LogP contribution < -0.4 is 4.90 Å². The number of hydrogen-bond donors (Lipinski definition) is 1. The van der Waals surface area contributed by atoms with Gasteiger partial charge in [0.05, 0.1) is 29.4 Å². The summed E-state index contributed by atoms with van der Waals surface area (Å²) in [4.78, 5) is 58.3. The van der Waals surface area contributed by atoms with Crippen LogP contribution >= 0.6 is 11.6 Å². The summed E-state index contributed by atoms with van der Waals surface area (Å²) in [7, 11) is 1.50. The third-order valence-electron chi connectivity index (χ3n) is 9.51. The second-order valence-electron chi connectivity index (χ2n) is 11.3. The van der Waals surface area contributed by atoms with Gasteiger partial charge in [-0.3, -0.25) is 24.1 Å². The van der Waals surface area contributed by atoms with E-state index in [0.717, 1.165) is 5.57 Å². The highest BCUT2D eigenvalue weighted by Crippen LogP contribution is 2.64. The fourth-order valence-electron chi connectivity index (χ4n) is 7.84. The molecule has 41 heavy (non-hydrogen) atoms. The van der Waals surface area contributed by atoms with E-state index in [1.54, 1.807) is 36.4 Å². The second kappa shape index (κ2) is 9.26. The number of fused-ring (bicyclic) bond motifs is 4. The molecule has 2 saturated heterocycles. The Hall–Kier alpha value is -4.01. The maximum Gasteiger partial charge on any atom is 0.246 e. The lowest BCUT2D eigenvalue weighted by molar-refractivity contribution is -0.138. The lowest BCUT2D eigenvalue weighted by Gasteiger charge is -2.49. The summed E-state index contributed by atoms with van der Waals surface area (Å²) in [6, 6.07) is 19.3. The Morgan fingerprint density at radius 1 is 0.951 bits per heavy atom. The number of nitrogens with zero attached hydrogens (tertiary/aromatic N) is 2. The summed E-state index contributed by atoms with van der Waals surface area (Å²) in [6.45, 7) is -0.332. The molecule has 1 saturated carbocycles. The molecule has 2 aliphatic heterocycles. The maximum atomic E-state index is 14.9. The zero-order valence-corrected chi connectivity index (χ0v) is 23.0. The third-order valence-corrected chi connectivity index (χ3v) is 9.75. The van der Waals surface area contributed by atoms with E-state index in [2.05, 4.69) is 0 Å². The predicted octanol–water partition coefficient (Wildman–Crippen LogP) is 4.22. The minimum Gasteiger partial charge on any atom is -0.463 e. The summed E-state index contributed by atoms with van der Waals surface area (Å²) >= 11 is 6.30. The monoisotopic (exact) mass is 570 g/mol. The molecule has 0 bridgehead atoms. The van der Waals surface area contributed by atoms with Crippen molar-refractivity contribution in [3.63, 3.8) is 0 Å². The van der Waals surface area contributed by atoms with Gasteiger partial charge < -0.3 is 9.52 Å². The smallest absolute Gasteiger partial charge is 0.246 e. The van der Waals surface area contributed by atoms with E-state index in [0.29, 0.717) is 34.2 Å². The molecule has 2 aromatic carbocycles. The number of aliphatic hydroxyl groups excluding tert-OH is 1. The Morgan fingerprint density at radius 3 is 2.44 bits per heavy atom. The molecular weight excluding hydrogens is 544 g/mol. The molecule has 3 heterocycles. The van der Waals surface area contributed by atoms with Crippen LogP contribution in [0.3, 0.4) is 0 Å². The van der Waals surface area contributed by atoms with Crippen LogP contribution in [0.1, 0.15) is 35.8 Å². The van der Waals surface area contributed by atoms with Gasteiger partial charge in [0.1, 0.15) is 23.5 Å². The van der Waals surface area contributed by atoms with E-state index in [9.17, 15) is 24.3 Å². The highest BCUT2D eigenvalue weighted by molar-refractivity contribution is 6.32. The van der Waals surface area contributed by atoms with Crippen LogP contribution in [-0.4, -0.2) is 40.7 Å². The molecule has 4 aliphatic rings. The van der Waals surface area contributed by atoms with Gasteiger partial charge in [0.2, 0.25) is 23.6 Å². The molecule has 4 amide bonds. The number of furan rings is 1. The average Bonchev–Trinajstić information content (AvgIpc) is 3.61. The van der Waals surface area contributed by atoms with Crippen LogP contribution in [0.5, 0.6) is 0 Å². The molecule has 7 rings (SSSR count). The molecular formula is C32H27ClN2O6. The van der Waals surface area contributed by atoms with Crippen molar-refractivity contribution in [3.05, 3.63) is 100 Å². The summed E-state index contributed by atoms with van der Waals surface area (Å²) < 4.78 is 6.14. The molecule has 9 heteroatoms. The normalized spacial score (nSPS) is 30.8. The highest BCUT2D eigenvalue weighted by atomic mass is 35.5. The summed E-state index contributed by atoms with van der Waals surface area (Å²) in [5, 5.41) is 10.2. The molecule has 3 aromatic rings. The van der Waals surface area contributed by atoms with Gasteiger partial charge in [-0.05, 0) is 54.7 Å². The maximum absolute atomic E-state index is 14.9. The number of carbonyl (C=O) groups is 4. The number of anilines is 1. The van der Waals surface area contributed by atoms with Gasteiger partial charge in [0.15, 0.2) is 0 Å². The van der Waals surface area contributed by atoms with Gasteiger partial charge in [0.25, 0.3) is 0 Å². The van der Waals surface area contributed by atoms with Crippen molar-refractivity contribution < 1.29 is 28.7 Å². The predicted molar refractivity (Wildman–Crippen MR) is 148 cm³/mol. The van der Waals surface area contributed by atoms with Gasteiger partial charge >= 0.3 is 0 Å². The van der Waals surface area contributed by atoms with E-state index < -0.39 is 40.9 Å². The lowest BCUT2D eigenvalue weighted by atomic mass is 9.50. The zero-order valence-electron chi connectivity index (χ0n) is 22.2. The molecule has 1 N–H and O–H groups in total. The number of amides is 4.